The van der Waals surface area contributed by atoms with E-state index < -0.39 is 0 Å². The second-order valence-electron chi connectivity index (χ2n) is 3.98. The number of hydrogen-bond donors (Lipinski definition) is 2. The maximum absolute atomic E-state index is 11.9. The van der Waals surface area contributed by atoms with Crippen LogP contribution < -0.4 is 10.6 Å². The van der Waals surface area contributed by atoms with Gasteiger partial charge in [0, 0.05) is 29.0 Å². The first-order valence-corrected chi connectivity index (χ1v) is 7.21. The van der Waals surface area contributed by atoms with Gasteiger partial charge < -0.3 is 10.6 Å². The van der Waals surface area contributed by atoms with E-state index >= 15 is 0 Å². The number of nitrogens with one attached hydrogen (secondary N) is 2. The highest BCUT2D eigenvalue weighted by Crippen LogP contribution is 2.21. The summed E-state index contributed by atoms with van der Waals surface area (Å²) in [5.74, 6) is -0.288. The smallest absolute Gasteiger partial charge is 0.252 e. The van der Waals surface area contributed by atoms with Gasteiger partial charge in [-0.3, -0.25) is 9.59 Å². The van der Waals surface area contributed by atoms with E-state index in [2.05, 4.69) is 26.6 Å². The third-order valence-corrected chi connectivity index (χ3v) is 3.28. The van der Waals surface area contributed by atoms with Gasteiger partial charge in [-0.25, -0.2) is 0 Å². The van der Waals surface area contributed by atoms with E-state index in [0.29, 0.717) is 28.1 Å². The van der Waals surface area contributed by atoms with Crippen LogP contribution in [0.25, 0.3) is 0 Å². The molecule has 0 bridgehead atoms. The van der Waals surface area contributed by atoms with Crippen LogP contribution in [0.3, 0.4) is 0 Å². The number of hydrogen-bond acceptors (Lipinski definition) is 2. The van der Waals surface area contributed by atoms with Gasteiger partial charge in [0.1, 0.15) is 0 Å². The third-order valence-electron chi connectivity index (χ3n) is 2.39. The average Bonchev–Trinajstić information content (AvgIpc) is 2.36. The molecule has 0 unspecified atom stereocenters. The first kappa shape index (κ1) is 16.0. The second-order valence-corrected chi connectivity index (χ2v) is 5.27. The van der Waals surface area contributed by atoms with Gasteiger partial charge in [-0.15, -0.1) is 0 Å². The zero-order valence-corrected chi connectivity index (χ0v) is 13.0. The molecule has 19 heavy (non-hydrogen) atoms. The lowest BCUT2D eigenvalue weighted by Gasteiger charge is -2.07. The normalized spacial score (nSPS) is 10.1. The lowest BCUT2D eigenvalue weighted by Crippen LogP contribution is -2.31. The molecule has 0 heterocycles. The summed E-state index contributed by atoms with van der Waals surface area (Å²) in [6.45, 7) is 2.96. The minimum atomic E-state index is -0.230. The van der Waals surface area contributed by atoms with Gasteiger partial charge in [-0.2, -0.15) is 0 Å². The first-order chi connectivity index (χ1) is 9.04. The van der Waals surface area contributed by atoms with E-state index in [4.69, 9.17) is 11.6 Å². The predicted molar refractivity (Wildman–Crippen MR) is 79.4 cm³/mol. The SMILES string of the molecule is CCCNC(=O)CCNC(=O)c1ccc(Cl)cc1Br. The zero-order valence-electron chi connectivity index (χ0n) is 10.6. The Bertz CT molecular complexity index is 466. The summed E-state index contributed by atoms with van der Waals surface area (Å²) in [5.41, 5.74) is 0.498. The molecule has 0 aliphatic carbocycles. The Morgan fingerprint density at radius 2 is 2.00 bits per heavy atom. The number of halogens is 2. The number of amides is 2. The molecule has 1 aromatic carbocycles. The fraction of sp³-hybridized carbons (Fsp3) is 0.385. The van der Waals surface area contributed by atoms with Crippen molar-refractivity contribution in [2.75, 3.05) is 13.1 Å². The van der Waals surface area contributed by atoms with Crippen LogP contribution in [0.5, 0.6) is 0 Å². The zero-order chi connectivity index (χ0) is 14.3. The molecule has 0 saturated heterocycles. The quantitative estimate of drug-likeness (QED) is 0.831. The molecule has 4 nitrogen and oxygen atoms in total. The van der Waals surface area contributed by atoms with Gasteiger partial charge in [-0.1, -0.05) is 18.5 Å². The minimum Gasteiger partial charge on any atom is -0.356 e. The summed E-state index contributed by atoms with van der Waals surface area (Å²) in [6, 6.07) is 4.94. The molecular formula is C13H16BrClN2O2. The van der Waals surface area contributed by atoms with Gasteiger partial charge >= 0.3 is 0 Å². The van der Waals surface area contributed by atoms with Crippen molar-refractivity contribution in [2.45, 2.75) is 19.8 Å². The third kappa shape index (κ3) is 5.61. The van der Waals surface area contributed by atoms with E-state index in [1.54, 1.807) is 18.2 Å². The van der Waals surface area contributed by atoms with E-state index in [1.165, 1.54) is 0 Å². The molecule has 0 aromatic heterocycles. The summed E-state index contributed by atoms with van der Waals surface area (Å²) < 4.78 is 0.632. The van der Waals surface area contributed by atoms with E-state index in [9.17, 15) is 9.59 Å². The highest BCUT2D eigenvalue weighted by atomic mass is 79.9. The molecular weight excluding hydrogens is 332 g/mol. The number of rotatable bonds is 6. The predicted octanol–water partition coefficient (Wildman–Crippen LogP) is 2.75. The summed E-state index contributed by atoms with van der Waals surface area (Å²) in [7, 11) is 0. The Hall–Kier alpha value is -1.07. The molecule has 2 N–H and O–H groups in total. The molecule has 0 spiro atoms. The lowest BCUT2D eigenvalue weighted by atomic mass is 10.2. The van der Waals surface area contributed by atoms with Crippen LogP contribution in [0.1, 0.15) is 30.1 Å². The first-order valence-electron chi connectivity index (χ1n) is 6.04. The Morgan fingerprint density at radius 1 is 1.26 bits per heavy atom. The molecule has 2 amide bonds. The number of benzene rings is 1. The maximum atomic E-state index is 11.9. The fourth-order valence-electron chi connectivity index (χ4n) is 1.41. The Labute approximate surface area is 126 Å². The molecule has 0 aliphatic heterocycles. The Balaban J connectivity index is 2.41. The number of carbonyl (C=O) groups excluding carboxylic acids is 2. The summed E-state index contributed by atoms with van der Waals surface area (Å²) in [5, 5.41) is 6.00. The molecule has 1 rings (SSSR count). The molecule has 0 aliphatic rings. The highest BCUT2D eigenvalue weighted by Gasteiger charge is 2.10. The van der Waals surface area contributed by atoms with Crippen LogP contribution in [0.2, 0.25) is 5.02 Å². The van der Waals surface area contributed by atoms with Crippen LogP contribution in [-0.2, 0) is 4.79 Å². The maximum Gasteiger partial charge on any atom is 0.252 e. The van der Waals surface area contributed by atoms with Crippen molar-refractivity contribution in [1.82, 2.24) is 10.6 Å². The topological polar surface area (TPSA) is 58.2 Å². The van der Waals surface area contributed by atoms with E-state index in [0.717, 1.165) is 6.42 Å². The Kier molecular flexibility index (Phi) is 6.87. The second kappa shape index (κ2) is 8.17. The number of carbonyl (C=O) groups is 2. The van der Waals surface area contributed by atoms with Gasteiger partial charge in [-0.05, 0) is 40.5 Å². The van der Waals surface area contributed by atoms with Crippen molar-refractivity contribution in [3.05, 3.63) is 33.3 Å². The van der Waals surface area contributed by atoms with Crippen LogP contribution in [0.4, 0.5) is 0 Å². The average molecular weight is 348 g/mol. The van der Waals surface area contributed by atoms with Crippen molar-refractivity contribution in [1.29, 1.82) is 0 Å². The van der Waals surface area contributed by atoms with Gasteiger partial charge in [0.2, 0.25) is 5.91 Å². The van der Waals surface area contributed by atoms with Gasteiger partial charge in [0.15, 0.2) is 0 Å². The van der Waals surface area contributed by atoms with Crippen LogP contribution in [0, 0.1) is 0 Å². The Morgan fingerprint density at radius 3 is 2.63 bits per heavy atom. The van der Waals surface area contributed by atoms with E-state index in [1.807, 2.05) is 6.92 Å². The van der Waals surface area contributed by atoms with Gasteiger partial charge in [0.05, 0.1) is 5.56 Å². The summed E-state index contributed by atoms with van der Waals surface area (Å²) in [4.78, 5) is 23.2. The molecule has 0 radical (unpaired) electrons. The van der Waals surface area contributed by atoms with Crippen molar-refractivity contribution in [2.24, 2.45) is 0 Å². The van der Waals surface area contributed by atoms with Crippen molar-refractivity contribution in [3.8, 4) is 0 Å². The van der Waals surface area contributed by atoms with Gasteiger partial charge in [0.25, 0.3) is 5.91 Å². The van der Waals surface area contributed by atoms with Crippen molar-refractivity contribution >= 4 is 39.3 Å². The monoisotopic (exact) mass is 346 g/mol. The fourth-order valence-corrected chi connectivity index (χ4v) is 2.27. The van der Waals surface area contributed by atoms with E-state index in [-0.39, 0.29) is 18.2 Å². The molecule has 0 fully saturated rings. The lowest BCUT2D eigenvalue weighted by molar-refractivity contribution is -0.120. The molecule has 104 valence electrons. The highest BCUT2D eigenvalue weighted by molar-refractivity contribution is 9.10. The molecule has 6 heteroatoms. The van der Waals surface area contributed by atoms with Crippen molar-refractivity contribution in [3.63, 3.8) is 0 Å². The summed E-state index contributed by atoms with van der Waals surface area (Å²) >= 11 is 9.08. The summed E-state index contributed by atoms with van der Waals surface area (Å²) in [6.07, 6.45) is 1.17. The van der Waals surface area contributed by atoms with Crippen molar-refractivity contribution < 1.29 is 9.59 Å². The standard InChI is InChI=1S/C13H16BrClN2O2/c1-2-6-16-12(18)5-7-17-13(19)10-4-3-9(15)8-11(10)14/h3-4,8H,2,5-7H2,1H3,(H,16,18)(H,17,19). The molecule has 0 saturated carbocycles. The minimum absolute atomic E-state index is 0.0580. The molecule has 0 atom stereocenters. The van der Waals surface area contributed by atoms with Crippen LogP contribution >= 0.6 is 27.5 Å². The van der Waals surface area contributed by atoms with Crippen LogP contribution in [-0.4, -0.2) is 24.9 Å². The van der Waals surface area contributed by atoms with Crippen LogP contribution in [0.15, 0.2) is 22.7 Å². The molecule has 1 aromatic rings. The largest absolute Gasteiger partial charge is 0.356 e.